The number of nitrogens with one attached hydrogen (secondary N) is 1. The van der Waals surface area contributed by atoms with Gasteiger partial charge in [0.1, 0.15) is 17.8 Å². The summed E-state index contributed by atoms with van der Waals surface area (Å²) in [5.74, 6) is 0.780. The smallest absolute Gasteiger partial charge is 0.231 e. The fourth-order valence-electron chi connectivity index (χ4n) is 5.05. The average molecular weight is 387 g/mol. The molecule has 29 heavy (non-hydrogen) atoms. The van der Waals surface area contributed by atoms with Crippen molar-refractivity contribution in [1.29, 1.82) is 0 Å². The van der Waals surface area contributed by atoms with Crippen LogP contribution in [0.15, 0.2) is 42.9 Å². The van der Waals surface area contributed by atoms with Crippen molar-refractivity contribution in [3.05, 3.63) is 54.0 Å². The van der Waals surface area contributed by atoms with Crippen molar-refractivity contribution in [2.24, 2.45) is 0 Å². The third-order valence-corrected chi connectivity index (χ3v) is 6.70. The molecule has 3 aromatic rings. The minimum absolute atomic E-state index is 0.0817. The number of anilines is 1. The second-order valence-corrected chi connectivity index (χ2v) is 8.34. The lowest BCUT2D eigenvalue weighted by Gasteiger charge is -2.43. The van der Waals surface area contributed by atoms with Crippen molar-refractivity contribution < 1.29 is 9.59 Å². The molecule has 1 amide bonds. The number of rotatable bonds is 2. The van der Waals surface area contributed by atoms with Gasteiger partial charge in [0.25, 0.3) is 0 Å². The third kappa shape index (κ3) is 2.43. The number of Topliss-reactive ketones (excluding diaryl/α,β-unsaturated/α-hetero) is 1. The summed E-state index contributed by atoms with van der Waals surface area (Å²) in [7, 11) is 0. The second kappa shape index (κ2) is 5.89. The van der Waals surface area contributed by atoms with Crippen LogP contribution in [0.4, 0.5) is 5.82 Å². The molecule has 6 rings (SSSR count). The summed E-state index contributed by atoms with van der Waals surface area (Å²) in [5.41, 5.74) is 2.30. The Morgan fingerprint density at radius 1 is 1.14 bits per heavy atom. The molecule has 0 bridgehead atoms. The van der Waals surface area contributed by atoms with Gasteiger partial charge in [-0.2, -0.15) is 0 Å². The summed E-state index contributed by atoms with van der Waals surface area (Å²) in [6, 6.07) is 9.56. The molecule has 2 fully saturated rings. The third-order valence-electron chi connectivity index (χ3n) is 6.70. The summed E-state index contributed by atoms with van der Waals surface area (Å²) in [4.78, 5) is 42.2. The molecule has 146 valence electrons. The summed E-state index contributed by atoms with van der Waals surface area (Å²) >= 11 is 0. The van der Waals surface area contributed by atoms with Gasteiger partial charge in [0.2, 0.25) is 5.91 Å². The molecule has 1 aromatic carbocycles. The zero-order valence-corrected chi connectivity index (χ0v) is 16.0. The van der Waals surface area contributed by atoms with Gasteiger partial charge in [-0.05, 0) is 24.5 Å². The highest BCUT2D eigenvalue weighted by Crippen LogP contribution is 2.47. The van der Waals surface area contributed by atoms with Crippen LogP contribution in [0.25, 0.3) is 11.0 Å². The Morgan fingerprint density at radius 3 is 2.86 bits per heavy atom. The van der Waals surface area contributed by atoms with E-state index in [1.165, 1.54) is 0 Å². The molecule has 7 heteroatoms. The number of benzene rings is 1. The first-order valence-electron chi connectivity index (χ1n) is 10.1. The first kappa shape index (κ1) is 16.7. The van der Waals surface area contributed by atoms with Crippen LogP contribution in [0.1, 0.15) is 41.1 Å². The van der Waals surface area contributed by atoms with E-state index >= 15 is 0 Å². The van der Waals surface area contributed by atoms with Crippen molar-refractivity contribution in [1.82, 2.24) is 19.9 Å². The lowest BCUT2D eigenvalue weighted by atomic mass is 9.97. The Kier molecular flexibility index (Phi) is 3.39. The lowest BCUT2D eigenvalue weighted by Crippen LogP contribution is -2.58. The molecule has 3 aliphatic rings. The van der Waals surface area contributed by atoms with Gasteiger partial charge in [0, 0.05) is 37.8 Å². The first-order valence-corrected chi connectivity index (χ1v) is 10.1. The molecule has 1 spiro atoms. The number of fused-ring (bicyclic) bond motifs is 2. The molecule has 1 saturated carbocycles. The molecule has 1 unspecified atom stereocenters. The number of aromatic nitrogens is 3. The van der Waals surface area contributed by atoms with E-state index < -0.39 is 0 Å². The summed E-state index contributed by atoms with van der Waals surface area (Å²) < 4.78 is 0. The zero-order valence-electron chi connectivity index (χ0n) is 16.0. The Bertz CT molecular complexity index is 1150. The molecular weight excluding hydrogens is 366 g/mol. The van der Waals surface area contributed by atoms with Gasteiger partial charge in [0.15, 0.2) is 5.78 Å². The highest BCUT2D eigenvalue weighted by atomic mass is 16.2. The van der Waals surface area contributed by atoms with Crippen LogP contribution in [0, 0.1) is 0 Å². The van der Waals surface area contributed by atoms with Gasteiger partial charge in [-0.15, -0.1) is 0 Å². The van der Waals surface area contributed by atoms with Crippen LogP contribution in [-0.4, -0.2) is 56.7 Å². The van der Waals surface area contributed by atoms with Gasteiger partial charge in [-0.3, -0.25) is 9.59 Å². The number of nitrogens with zero attached hydrogens (tertiary/aromatic N) is 4. The molecule has 2 aromatic heterocycles. The fourth-order valence-corrected chi connectivity index (χ4v) is 5.05. The Balaban J connectivity index is 1.28. The molecule has 3 heterocycles. The fraction of sp³-hybridized carbons (Fsp3) is 0.364. The number of H-pyrrole nitrogens is 1. The molecule has 1 atom stereocenters. The van der Waals surface area contributed by atoms with Gasteiger partial charge in [0.05, 0.1) is 16.8 Å². The lowest BCUT2D eigenvalue weighted by molar-refractivity contribution is -0.136. The molecule has 1 saturated heterocycles. The van der Waals surface area contributed by atoms with E-state index in [9.17, 15) is 9.59 Å². The minimum Gasteiger partial charge on any atom is -0.352 e. The van der Waals surface area contributed by atoms with Gasteiger partial charge in [-0.25, -0.2) is 9.97 Å². The molecule has 1 aliphatic heterocycles. The molecule has 2 aliphatic carbocycles. The number of piperazine rings is 1. The van der Waals surface area contributed by atoms with Crippen LogP contribution >= 0.6 is 0 Å². The molecule has 7 nitrogen and oxygen atoms in total. The summed E-state index contributed by atoms with van der Waals surface area (Å²) in [6.45, 7) is 2.16. The highest BCUT2D eigenvalue weighted by molar-refractivity contribution is 6.07. The maximum Gasteiger partial charge on any atom is 0.231 e. The second-order valence-electron chi connectivity index (χ2n) is 8.34. The van der Waals surface area contributed by atoms with Crippen molar-refractivity contribution in [2.75, 3.05) is 24.5 Å². The average Bonchev–Trinajstić information content (AvgIpc) is 3.19. The highest BCUT2D eigenvalue weighted by Gasteiger charge is 2.55. The Morgan fingerprint density at radius 2 is 2.00 bits per heavy atom. The van der Waals surface area contributed by atoms with Crippen LogP contribution in [0.5, 0.6) is 0 Å². The maximum absolute atomic E-state index is 13.5. The van der Waals surface area contributed by atoms with E-state index in [0.717, 1.165) is 48.3 Å². The predicted molar refractivity (Wildman–Crippen MR) is 108 cm³/mol. The van der Waals surface area contributed by atoms with Gasteiger partial charge < -0.3 is 14.8 Å². The summed E-state index contributed by atoms with van der Waals surface area (Å²) in [6.07, 6.45) is 5.76. The number of hydrogen-bond acceptors (Lipinski definition) is 5. The van der Waals surface area contributed by atoms with Gasteiger partial charge >= 0.3 is 0 Å². The maximum atomic E-state index is 13.5. The summed E-state index contributed by atoms with van der Waals surface area (Å²) in [5, 5.41) is 1.01. The van der Waals surface area contributed by atoms with E-state index in [-0.39, 0.29) is 23.1 Å². The predicted octanol–water partition coefficient (Wildman–Crippen LogP) is 2.51. The number of carbonyl (C=O) groups is 2. The van der Waals surface area contributed by atoms with E-state index in [2.05, 4.69) is 24.8 Å². The van der Waals surface area contributed by atoms with Crippen LogP contribution < -0.4 is 4.90 Å². The number of hydrogen-bond donors (Lipinski definition) is 1. The van der Waals surface area contributed by atoms with Crippen molar-refractivity contribution in [3.63, 3.8) is 0 Å². The first-order chi connectivity index (χ1) is 14.2. The number of aromatic amines is 1. The quantitative estimate of drug-likeness (QED) is 0.731. The van der Waals surface area contributed by atoms with E-state index in [1.54, 1.807) is 6.33 Å². The number of carbonyl (C=O) groups excluding carboxylic acids is 2. The van der Waals surface area contributed by atoms with E-state index in [0.29, 0.717) is 18.5 Å². The SMILES string of the molecule is O=C1CC(C(=O)N2CCN(c3ncnc4[nH]ccc34)CC23CC3)c2ccccc21. The molecule has 0 radical (unpaired) electrons. The monoisotopic (exact) mass is 387 g/mol. The largest absolute Gasteiger partial charge is 0.352 e. The van der Waals surface area contributed by atoms with E-state index in [4.69, 9.17) is 0 Å². The number of ketones is 1. The zero-order chi connectivity index (χ0) is 19.6. The number of amides is 1. The van der Waals surface area contributed by atoms with Gasteiger partial charge in [-0.1, -0.05) is 24.3 Å². The Hall–Kier alpha value is -3.22. The minimum atomic E-state index is -0.335. The van der Waals surface area contributed by atoms with Crippen LogP contribution in [0.3, 0.4) is 0 Å². The topological polar surface area (TPSA) is 82.2 Å². The van der Waals surface area contributed by atoms with E-state index in [1.807, 2.05) is 36.5 Å². The van der Waals surface area contributed by atoms with Crippen molar-refractivity contribution in [3.8, 4) is 0 Å². The standard InChI is InChI=1S/C22H21N5O2/c28-18-11-17(14-3-1-2-4-15(14)18)21(29)27-10-9-26(12-22(27)6-7-22)20-16-5-8-23-19(16)24-13-25-20/h1-5,8,13,17H,6-7,9-12H2,(H,23,24,25). The van der Waals surface area contributed by atoms with Crippen LogP contribution in [-0.2, 0) is 4.79 Å². The normalized spacial score (nSPS) is 22.3. The van der Waals surface area contributed by atoms with Crippen LogP contribution in [0.2, 0.25) is 0 Å². The Labute approximate surface area is 167 Å². The molecular formula is C22H21N5O2. The van der Waals surface area contributed by atoms with Crippen molar-refractivity contribution >= 4 is 28.5 Å². The molecule has 1 N–H and O–H groups in total. The van der Waals surface area contributed by atoms with Crippen molar-refractivity contribution in [2.45, 2.75) is 30.7 Å².